The molecule has 2 N–H and O–H groups in total. The smallest absolute Gasteiger partial charge is 0.312 e. The van der Waals surface area contributed by atoms with Gasteiger partial charge in [0.1, 0.15) is 18.3 Å². The largest absolute Gasteiger partial charge is 0.472 e. The van der Waals surface area contributed by atoms with Crippen molar-refractivity contribution < 1.29 is 38.4 Å². The van der Waals surface area contributed by atoms with E-state index >= 15 is 0 Å². The van der Waals surface area contributed by atoms with Crippen molar-refractivity contribution in [2.45, 2.75) is 63.4 Å². The maximum atomic E-state index is 13.4. The number of ether oxygens (including phenoxy) is 3. The summed E-state index contributed by atoms with van der Waals surface area (Å²) in [6.07, 6.45) is 4.58. The molecule has 2 aliphatic carbocycles. The Morgan fingerprint density at radius 1 is 1.37 bits per heavy atom. The van der Waals surface area contributed by atoms with Crippen LogP contribution in [0.2, 0.25) is 0 Å². The van der Waals surface area contributed by atoms with Crippen LogP contribution in [0.5, 0.6) is 0 Å². The molecule has 0 aromatic carbocycles. The number of carbonyl (C=O) groups excluding carboxylic acids is 2. The summed E-state index contributed by atoms with van der Waals surface area (Å²) >= 11 is 0. The van der Waals surface area contributed by atoms with Crippen LogP contribution in [0, 0.1) is 22.7 Å². The quantitative estimate of drug-likeness (QED) is 0.712. The predicted octanol–water partition coefficient (Wildman–Crippen LogP) is 2.09. The second-order valence-electron chi connectivity index (χ2n) is 9.60. The molecule has 0 amide bonds. The molecule has 5 rings (SSSR count). The SMILES string of the molecule is CC(=O)OC(CC12C(=O)OCC34C1CCCC3(O)COC4(O)CC2C)c1ccoc1. The van der Waals surface area contributed by atoms with E-state index < -0.39 is 34.3 Å². The number of carbonyl (C=O) groups is 2. The van der Waals surface area contributed by atoms with Crippen LogP contribution < -0.4 is 0 Å². The summed E-state index contributed by atoms with van der Waals surface area (Å²) in [6, 6.07) is 1.72. The summed E-state index contributed by atoms with van der Waals surface area (Å²) in [6.45, 7) is 3.19. The Morgan fingerprint density at radius 2 is 2.17 bits per heavy atom. The van der Waals surface area contributed by atoms with E-state index in [4.69, 9.17) is 18.6 Å². The number of furan rings is 1. The third kappa shape index (κ3) is 2.27. The van der Waals surface area contributed by atoms with Crippen LogP contribution in [0.25, 0.3) is 0 Å². The van der Waals surface area contributed by atoms with Crippen molar-refractivity contribution in [1.82, 2.24) is 0 Å². The zero-order valence-electron chi connectivity index (χ0n) is 17.3. The van der Waals surface area contributed by atoms with Crippen molar-refractivity contribution in [2.24, 2.45) is 22.7 Å². The molecule has 164 valence electrons. The van der Waals surface area contributed by atoms with Gasteiger partial charge in [0.15, 0.2) is 5.79 Å². The Balaban J connectivity index is 1.64. The molecule has 2 saturated carbocycles. The van der Waals surface area contributed by atoms with Crippen molar-refractivity contribution in [2.75, 3.05) is 13.2 Å². The summed E-state index contributed by atoms with van der Waals surface area (Å²) in [4.78, 5) is 25.3. The molecular weight excluding hydrogens is 392 g/mol. The summed E-state index contributed by atoms with van der Waals surface area (Å²) < 4.78 is 22.4. The zero-order valence-corrected chi connectivity index (χ0v) is 17.3. The predicted molar refractivity (Wildman–Crippen MR) is 101 cm³/mol. The maximum Gasteiger partial charge on any atom is 0.312 e. The fraction of sp³-hybridized carbons (Fsp3) is 0.727. The molecule has 2 saturated heterocycles. The molecule has 7 unspecified atom stereocenters. The molecule has 7 atom stereocenters. The fourth-order valence-corrected chi connectivity index (χ4v) is 7.10. The van der Waals surface area contributed by atoms with Gasteiger partial charge in [0, 0.05) is 25.3 Å². The first kappa shape index (κ1) is 20.0. The molecule has 4 fully saturated rings. The Kier molecular flexibility index (Phi) is 4.21. The van der Waals surface area contributed by atoms with Crippen LogP contribution in [0.1, 0.15) is 57.6 Å². The lowest BCUT2D eigenvalue weighted by Crippen LogP contribution is -2.76. The van der Waals surface area contributed by atoms with E-state index in [9.17, 15) is 19.8 Å². The summed E-state index contributed by atoms with van der Waals surface area (Å²) in [5.74, 6) is -3.03. The van der Waals surface area contributed by atoms with E-state index in [0.717, 1.165) is 0 Å². The number of rotatable bonds is 4. The lowest BCUT2D eigenvalue weighted by molar-refractivity contribution is -0.345. The van der Waals surface area contributed by atoms with E-state index in [0.29, 0.717) is 24.8 Å². The van der Waals surface area contributed by atoms with Gasteiger partial charge in [-0.25, -0.2) is 0 Å². The highest BCUT2D eigenvalue weighted by molar-refractivity contribution is 5.80. The summed E-state index contributed by atoms with van der Waals surface area (Å²) in [7, 11) is 0. The highest BCUT2D eigenvalue weighted by Gasteiger charge is 2.82. The molecule has 1 aromatic rings. The molecule has 2 bridgehead atoms. The standard InChI is InChI=1S/C22H28O8/c1-13-8-22(26)21-12-28-18(24)20(13,17(21)4-3-6-19(21,25)11-29-22)9-16(30-14(2)23)15-5-7-27-10-15/h5,7,10,13,16-17,25-26H,3-4,6,8-9,11-12H2,1-2H3. The van der Waals surface area contributed by atoms with Gasteiger partial charge in [-0.1, -0.05) is 13.3 Å². The van der Waals surface area contributed by atoms with Gasteiger partial charge in [0.2, 0.25) is 0 Å². The Bertz CT molecular complexity index is 866. The van der Waals surface area contributed by atoms with E-state index in [2.05, 4.69) is 0 Å². The molecule has 30 heavy (non-hydrogen) atoms. The zero-order chi connectivity index (χ0) is 21.4. The van der Waals surface area contributed by atoms with Crippen molar-refractivity contribution in [3.8, 4) is 0 Å². The molecule has 8 nitrogen and oxygen atoms in total. The minimum atomic E-state index is -1.55. The van der Waals surface area contributed by atoms with Crippen molar-refractivity contribution in [3.05, 3.63) is 24.2 Å². The maximum absolute atomic E-state index is 13.4. The fourth-order valence-electron chi connectivity index (χ4n) is 7.10. The second-order valence-corrected chi connectivity index (χ2v) is 9.60. The monoisotopic (exact) mass is 420 g/mol. The molecule has 4 aliphatic rings. The van der Waals surface area contributed by atoms with Gasteiger partial charge in [-0.05, 0) is 30.7 Å². The number of cyclic esters (lactones) is 1. The van der Waals surface area contributed by atoms with Gasteiger partial charge < -0.3 is 28.8 Å². The molecule has 2 aliphatic heterocycles. The summed E-state index contributed by atoms with van der Waals surface area (Å²) in [5, 5.41) is 23.1. The van der Waals surface area contributed by atoms with Crippen LogP contribution in [0.3, 0.4) is 0 Å². The van der Waals surface area contributed by atoms with E-state index in [-0.39, 0.29) is 43.9 Å². The first-order valence-electron chi connectivity index (χ1n) is 10.6. The summed E-state index contributed by atoms with van der Waals surface area (Å²) in [5.41, 5.74) is -2.71. The van der Waals surface area contributed by atoms with Crippen LogP contribution in [-0.4, -0.2) is 46.8 Å². The lowest BCUT2D eigenvalue weighted by Gasteiger charge is -2.66. The average Bonchev–Trinajstić information content (AvgIpc) is 3.28. The van der Waals surface area contributed by atoms with Crippen LogP contribution in [0.15, 0.2) is 23.0 Å². The van der Waals surface area contributed by atoms with Gasteiger partial charge in [0.05, 0.1) is 30.0 Å². The Labute approximate surface area is 174 Å². The lowest BCUT2D eigenvalue weighted by atomic mass is 9.40. The third-order valence-electron chi connectivity index (χ3n) is 8.40. The normalized spacial score (nSPS) is 45.4. The van der Waals surface area contributed by atoms with E-state index in [1.54, 1.807) is 6.07 Å². The molecule has 3 heterocycles. The van der Waals surface area contributed by atoms with Crippen LogP contribution in [0.4, 0.5) is 0 Å². The van der Waals surface area contributed by atoms with E-state index in [1.807, 2.05) is 6.92 Å². The highest BCUT2D eigenvalue weighted by atomic mass is 16.6. The van der Waals surface area contributed by atoms with Crippen molar-refractivity contribution >= 4 is 11.9 Å². The minimum Gasteiger partial charge on any atom is -0.472 e. The molecule has 8 heteroatoms. The molecule has 1 aromatic heterocycles. The molecular formula is C22H28O8. The number of hydrogen-bond acceptors (Lipinski definition) is 8. The Hall–Kier alpha value is -1.90. The Morgan fingerprint density at radius 3 is 2.87 bits per heavy atom. The second kappa shape index (κ2) is 6.31. The highest BCUT2D eigenvalue weighted by Crippen LogP contribution is 2.73. The van der Waals surface area contributed by atoms with Crippen LogP contribution in [-0.2, 0) is 23.8 Å². The van der Waals surface area contributed by atoms with E-state index in [1.165, 1.54) is 19.5 Å². The van der Waals surface area contributed by atoms with Crippen LogP contribution >= 0.6 is 0 Å². The van der Waals surface area contributed by atoms with Crippen molar-refractivity contribution in [1.29, 1.82) is 0 Å². The number of esters is 2. The third-order valence-corrected chi connectivity index (χ3v) is 8.40. The number of aliphatic hydroxyl groups is 2. The van der Waals surface area contributed by atoms with Gasteiger partial charge in [-0.3, -0.25) is 9.59 Å². The first-order valence-corrected chi connectivity index (χ1v) is 10.6. The number of hydrogen-bond donors (Lipinski definition) is 2. The van der Waals surface area contributed by atoms with Gasteiger partial charge in [0.25, 0.3) is 0 Å². The minimum absolute atomic E-state index is 0.0233. The van der Waals surface area contributed by atoms with Gasteiger partial charge in [-0.15, -0.1) is 0 Å². The topological polar surface area (TPSA) is 115 Å². The van der Waals surface area contributed by atoms with Gasteiger partial charge >= 0.3 is 11.9 Å². The average molecular weight is 420 g/mol. The van der Waals surface area contributed by atoms with Crippen molar-refractivity contribution in [3.63, 3.8) is 0 Å². The van der Waals surface area contributed by atoms with Gasteiger partial charge in [-0.2, -0.15) is 0 Å². The molecule has 1 spiro atoms. The first-order chi connectivity index (χ1) is 14.2. The molecule has 0 radical (unpaired) electrons.